The van der Waals surface area contributed by atoms with Crippen molar-refractivity contribution in [2.24, 2.45) is 0 Å². The summed E-state index contributed by atoms with van der Waals surface area (Å²) >= 11 is 3.74. The van der Waals surface area contributed by atoms with Crippen LogP contribution in [0.1, 0.15) is 22.3 Å². The van der Waals surface area contributed by atoms with Gasteiger partial charge in [-0.15, -0.1) is 0 Å². The number of rotatable bonds is 1. The molecule has 1 atom stereocenters. The third kappa shape index (κ3) is 2.52. The summed E-state index contributed by atoms with van der Waals surface area (Å²) in [6.07, 6.45) is 0. The van der Waals surface area contributed by atoms with E-state index in [4.69, 9.17) is 0 Å². The molecule has 2 aliphatic rings. The van der Waals surface area contributed by atoms with Gasteiger partial charge in [0.05, 0.1) is 16.4 Å². The van der Waals surface area contributed by atoms with Crippen LogP contribution in [0.3, 0.4) is 0 Å². The van der Waals surface area contributed by atoms with Crippen molar-refractivity contribution in [3.8, 4) is 27.9 Å². The quantitative estimate of drug-likeness (QED) is 0.189. The zero-order valence-corrected chi connectivity index (χ0v) is 22.5. The maximum absolute atomic E-state index is 3.74. The first-order chi connectivity index (χ1) is 19.3. The average molecular weight is 558 g/mol. The van der Waals surface area contributed by atoms with E-state index in [-0.39, 0.29) is 0 Å². The van der Waals surface area contributed by atoms with Crippen LogP contribution in [-0.2, 0) is 5.41 Å². The van der Waals surface area contributed by atoms with Crippen molar-refractivity contribution >= 4 is 37.7 Å². The highest BCUT2D eigenvalue weighted by atomic mass is 79.9. The summed E-state index contributed by atoms with van der Waals surface area (Å²) in [7, 11) is 0. The lowest BCUT2D eigenvalue weighted by molar-refractivity contribution is 0.794. The van der Waals surface area contributed by atoms with Crippen LogP contribution in [0.25, 0.3) is 49.7 Å². The van der Waals surface area contributed by atoms with Gasteiger partial charge >= 0.3 is 0 Å². The van der Waals surface area contributed by atoms with Gasteiger partial charge in [0.15, 0.2) is 0 Å². The predicted octanol–water partition coefficient (Wildman–Crippen LogP) is 9.49. The molecule has 39 heavy (non-hydrogen) atoms. The first-order valence-electron chi connectivity index (χ1n) is 13.2. The third-order valence-electron chi connectivity index (χ3n) is 8.71. The van der Waals surface area contributed by atoms with Crippen molar-refractivity contribution in [2.75, 3.05) is 0 Å². The lowest BCUT2D eigenvalue weighted by Crippen LogP contribution is -2.25. The van der Waals surface area contributed by atoms with Crippen molar-refractivity contribution < 1.29 is 0 Å². The van der Waals surface area contributed by atoms with Gasteiger partial charge in [-0.3, -0.25) is 0 Å². The maximum Gasteiger partial charge on any atom is 0.0733 e. The molecule has 2 aliphatic carbocycles. The van der Waals surface area contributed by atoms with E-state index in [0.29, 0.717) is 0 Å². The first kappa shape index (κ1) is 21.4. The number of para-hydroxylation sites is 1. The molecule has 6 aromatic carbocycles. The monoisotopic (exact) mass is 557 g/mol. The fourth-order valence-corrected chi connectivity index (χ4v) is 7.71. The predicted molar refractivity (Wildman–Crippen MR) is 162 cm³/mol. The van der Waals surface area contributed by atoms with E-state index >= 15 is 0 Å². The Hall–Kier alpha value is -4.58. The van der Waals surface area contributed by atoms with Gasteiger partial charge in [-0.25, -0.2) is 0 Å². The van der Waals surface area contributed by atoms with Gasteiger partial charge in [0.25, 0.3) is 0 Å². The van der Waals surface area contributed by atoms with E-state index < -0.39 is 5.41 Å². The highest BCUT2D eigenvalue weighted by molar-refractivity contribution is 9.10. The van der Waals surface area contributed by atoms with E-state index in [9.17, 15) is 0 Å². The van der Waals surface area contributed by atoms with E-state index in [1.165, 1.54) is 66.4 Å². The Bertz CT molecular complexity index is 2090. The molecule has 2 heteroatoms. The summed E-state index contributed by atoms with van der Waals surface area (Å²) in [5.41, 5.74) is 13.5. The van der Waals surface area contributed by atoms with Gasteiger partial charge < -0.3 is 4.57 Å². The van der Waals surface area contributed by atoms with E-state index in [1.807, 2.05) is 6.07 Å². The second kappa shape index (κ2) is 7.50. The topological polar surface area (TPSA) is 4.93 Å². The SMILES string of the molecule is Brc1ccc2c(c1)c1ccc3c(c1n2-c1ccccc1)-c1ccccc1C31c2ccc#cc2-c2ccccc21. The molecule has 1 heterocycles. The molecule has 180 valence electrons. The maximum atomic E-state index is 3.74. The van der Waals surface area contributed by atoms with E-state index in [1.54, 1.807) is 0 Å². The normalized spacial score (nSPS) is 13.8. The molecular formula is C37H20BrN. The second-order valence-corrected chi connectivity index (χ2v) is 11.4. The Morgan fingerprint density at radius 1 is 0.615 bits per heavy atom. The van der Waals surface area contributed by atoms with Crippen molar-refractivity contribution in [3.05, 3.63) is 160 Å². The zero-order chi connectivity index (χ0) is 25.7. The van der Waals surface area contributed by atoms with Crippen LogP contribution in [0.15, 0.2) is 126 Å². The standard InChI is InChI=1S/C37H20BrN/c38-23-18-21-34-29(22-23)27-19-20-33-35(36(27)39(34)24-10-2-1-3-11-24)28-14-6-9-17-32(28)37(33)30-15-7-4-12-25(30)26-13-5-8-16-31(26)37/h1-4,6-12,14-22H. The summed E-state index contributed by atoms with van der Waals surface area (Å²) in [4.78, 5) is 0. The Morgan fingerprint density at radius 3 is 2.21 bits per heavy atom. The molecular weight excluding hydrogens is 538 g/mol. The fraction of sp³-hybridized carbons (Fsp3) is 0.0270. The molecule has 0 N–H and O–H groups in total. The number of aromatic nitrogens is 1. The van der Waals surface area contributed by atoms with Crippen LogP contribution >= 0.6 is 15.9 Å². The summed E-state index contributed by atoms with van der Waals surface area (Å²) in [6.45, 7) is 0. The largest absolute Gasteiger partial charge is 0.309 e. The molecule has 0 amide bonds. The van der Waals surface area contributed by atoms with Crippen molar-refractivity contribution in [3.63, 3.8) is 0 Å². The zero-order valence-electron chi connectivity index (χ0n) is 20.9. The number of halogens is 1. The second-order valence-electron chi connectivity index (χ2n) is 10.4. The van der Waals surface area contributed by atoms with Crippen LogP contribution in [0.2, 0.25) is 0 Å². The van der Waals surface area contributed by atoms with Gasteiger partial charge in [-0.2, -0.15) is 0 Å². The molecule has 1 unspecified atom stereocenters. The molecule has 0 saturated heterocycles. The van der Waals surface area contributed by atoms with E-state index in [2.05, 4.69) is 148 Å². The van der Waals surface area contributed by atoms with Crippen LogP contribution in [0.5, 0.6) is 0 Å². The molecule has 1 nitrogen and oxygen atoms in total. The lowest BCUT2D eigenvalue weighted by Gasteiger charge is -2.30. The number of nitrogens with zero attached hydrogens (tertiary/aromatic N) is 1. The highest BCUT2D eigenvalue weighted by Crippen LogP contribution is 2.63. The van der Waals surface area contributed by atoms with Crippen LogP contribution in [0.4, 0.5) is 0 Å². The summed E-state index contributed by atoms with van der Waals surface area (Å²) in [5.74, 6) is 0. The van der Waals surface area contributed by atoms with Gasteiger partial charge in [0, 0.05) is 32.1 Å². The van der Waals surface area contributed by atoms with Gasteiger partial charge in [-0.1, -0.05) is 107 Å². The van der Waals surface area contributed by atoms with Gasteiger partial charge in [0.1, 0.15) is 0 Å². The Kier molecular flexibility index (Phi) is 4.11. The minimum absolute atomic E-state index is 0.393. The molecule has 1 aromatic heterocycles. The molecule has 0 fully saturated rings. The van der Waals surface area contributed by atoms with Crippen molar-refractivity contribution in [1.82, 2.24) is 4.57 Å². The van der Waals surface area contributed by atoms with Crippen LogP contribution in [-0.4, -0.2) is 4.57 Å². The lowest BCUT2D eigenvalue weighted by atomic mass is 9.70. The van der Waals surface area contributed by atoms with Gasteiger partial charge in [0.2, 0.25) is 0 Å². The minimum Gasteiger partial charge on any atom is -0.309 e. The Balaban J connectivity index is 1.54. The number of hydrogen-bond acceptors (Lipinski definition) is 0. The minimum atomic E-state index is -0.393. The third-order valence-corrected chi connectivity index (χ3v) is 9.21. The number of benzene rings is 5. The number of hydrogen-bond donors (Lipinski definition) is 0. The molecule has 0 aliphatic heterocycles. The molecule has 0 bridgehead atoms. The summed E-state index contributed by atoms with van der Waals surface area (Å²) in [5, 5.41) is 2.51. The van der Waals surface area contributed by atoms with Crippen LogP contribution in [0, 0.1) is 12.1 Å². The molecule has 7 aromatic rings. The molecule has 0 saturated carbocycles. The van der Waals surface area contributed by atoms with Gasteiger partial charge in [-0.05, 0) is 75.8 Å². The van der Waals surface area contributed by atoms with Crippen LogP contribution < -0.4 is 0 Å². The van der Waals surface area contributed by atoms with Crippen molar-refractivity contribution in [1.29, 1.82) is 0 Å². The summed E-state index contributed by atoms with van der Waals surface area (Å²) < 4.78 is 3.54. The molecule has 9 rings (SSSR count). The Labute approximate surface area is 235 Å². The fourth-order valence-electron chi connectivity index (χ4n) is 7.35. The smallest absolute Gasteiger partial charge is 0.0733 e. The first-order valence-corrected chi connectivity index (χ1v) is 14.0. The van der Waals surface area contributed by atoms with Crippen molar-refractivity contribution in [2.45, 2.75) is 5.41 Å². The summed E-state index contributed by atoms with van der Waals surface area (Å²) in [6, 6.07) is 51.0. The average Bonchev–Trinajstić information content (AvgIpc) is 3.59. The molecule has 1 spiro atoms. The Morgan fingerprint density at radius 2 is 1.36 bits per heavy atom. The highest BCUT2D eigenvalue weighted by Gasteiger charge is 2.52. The number of fused-ring (bicyclic) bond motifs is 14. The van der Waals surface area contributed by atoms with E-state index in [0.717, 1.165) is 10.0 Å². The molecule has 0 radical (unpaired) electrons.